The van der Waals surface area contributed by atoms with Gasteiger partial charge in [-0.05, 0) is 32.9 Å². The summed E-state index contributed by atoms with van der Waals surface area (Å²) >= 11 is 0. The average Bonchev–Trinajstić information content (AvgIpc) is 2.17. The Morgan fingerprint density at radius 1 is 1.40 bits per heavy atom. The largest absolute Gasteiger partial charge is 0.354 e. The van der Waals surface area contributed by atoms with E-state index in [9.17, 15) is 0 Å². The molecule has 1 heterocycles. The topological polar surface area (TPSA) is 28.5 Å². The number of nitrogens with zero attached hydrogens (tertiary/aromatic N) is 3. The summed E-state index contributed by atoms with van der Waals surface area (Å²) in [6.45, 7) is 6.48. The van der Waals surface area contributed by atoms with Crippen molar-refractivity contribution in [2.75, 3.05) is 19.0 Å². The summed E-state index contributed by atoms with van der Waals surface area (Å²) in [6.07, 6.45) is 3.65. The molecule has 0 aliphatic carbocycles. The minimum absolute atomic E-state index is 0.0602. The van der Waals surface area contributed by atoms with Crippen LogP contribution in [0.15, 0.2) is 23.3 Å². The van der Waals surface area contributed by atoms with Crippen LogP contribution < -0.4 is 4.90 Å². The number of hydrogen-bond acceptors (Lipinski definition) is 3. The van der Waals surface area contributed by atoms with Crippen molar-refractivity contribution in [2.45, 2.75) is 26.3 Å². The summed E-state index contributed by atoms with van der Waals surface area (Å²) < 4.78 is 0. The van der Waals surface area contributed by atoms with E-state index in [1.807, 2.05) is 24.5 Å². The van der Waals surface area contributed by atoms with Crippen LogP contribution in [0, 0.1) is 0 Å². The molecule has 0 bridgehead atoms. The lowest BCUT2D eigenvalue weighted by molar-refractivity contribution is 0.533. The van der Waals surface area contributed by atoms with E-state index in [0.717, 1.165) is 11.4 Å². The van der Waals surface area contributed by atoms with Crippen LogP contribution in [0.4, 0.5) is 5.82 Å². The van der Waals surface area contributed by atoms with Gasteiger partial charge in [-0.15, -0.1) is 0 Å². The lowest BCUT2D eigenvalue weighted by atomic mass is 10.1. The second-order valence-electron chi connectivity index (χ2n) is 4.53. The maximum absolute atomic E-state index is 4.40. The molecule has 0 unspecified atom stereocenters. The minimum atomic E-state index is 0.0602. The Morgan fingerprint density at radius 3 is 2.60 bits per heavy atom. The van der Waals surface area contributed by atoms with Crippen molar-refractivity contribution >= 4 is 12.0 Å². The van der Waals surface area contributed by atoms with Crippen LogP contribution in [0.2, 0.25) is 0 Å². The molecule has 0 N–H and O–H groups in total. The highest BCUT2D eigenvalue weighted by Crippen LogP contribution is 2.21. The Kier molecular flexibility index (Phi) is 3.45. The monoisotopic (exact) mass is 205 g/mol. The standard InChI is InChI=1S/C12H19N3/c1-12(2,3)15(5)11-10(9-13-4)7-6-8-14-11/h6-9H,1-5H3. The molecule has 1 aromatic heterocycles. The van der Waals surface area contributed by atoms with E-state index < -0.39 is 0 Å². The zero-order chi connectivity index (χ0) is 11.5. The summed E-state index contributed by atoms with van der Waals surface area (Å²) in [7, 11) is 3.82. The third-order valence-electron chi connectivity index (χ3n) is 2.41. The quantitative estimate of drug-likeness (QED) is 0.693. The normalized spacial score (nSPS) is 12.1. The summed E-state index contributed by atoms with van der Waals surface area (Å²) in [5.41, 5.74) is 1.11. The van der Waals surface area contributed by atoms with Crippen molar-refractivity contribution in [2.24, 2.45) is 4.99 Å². The van der Waals surface area contributed by atoms with Gasteiger partial charge < -0.3 is 4.90 Å². The smallest absolute Gasteiger partial charge is 0.137 e. The summed E-state index contributed by atoms with van der Waals surface area (Å²) in [5, 5.41) is 0. The Morgan fingerprint density at radius 2 is 2.07 bits per heavy atom. The fourth-order valence-corrected chi connectivity index (χ4v) is 1.25. The minimum Gasteiger partial charge on any atom is -0.354 e. The van der Waals surface area contributed by atoms with Crippen LogP contribution in [0.25, 0.3) is 0 Å². The molecule has 15 heavy (non-hydrogen) atoms. The van der Waals surface area contributed by atoms with Crippen LogP contribution in [0.1, 0.15) is 26.3 Å². The fraction of sp³-hybridized carbons (Fsp3) is 0.500. The SMILES string of the molecule is CN=Cc1cccnc1N(C)C(C)(C)C. The number of hydrogen-bond donors (Lipinski definition) is 0. The van der Waals surface area contributed by atoms with Gasteiger partial charge in [-0.1, -0.05) is 0 Å². The molecular formula is C12H19N3. The Bertz CT molecular complexity index is 350. The first-order chi connectivity index (χ1) is 6.96. The number of aliphatic imine (C=N–C) groups is 1. The van der Waals surface area contributed by atoms with E-state index in [0.29, 0.717) is 0 Å². The predicted molar refractivity (Wildman–Crippen MR) is 65.9 cm³/mol. The number of aromatic nitrogens is 1. The average molecular weight is 205 g/mol. The third kappa shape index (κ3) is 2.78. The van der Waals surface area contributed by atoms with Crippen LogP contribution >= 0.6 is 0 Å². The third-order valence-corrected chi connectivity index (χ3v) is 2.41. The van der Waals surface area contributed by atoms with Gasteiger partial charge in [0.2, 0.25) is 0 Å². The van der Waals surface area contributed by atoms with E-state index >= 15 is 0 Å². The molecule has 0 spiro atoms. The maximum atomic E-state index is 4.40. The molecule has 0 atom stereocenters. The van der Waals surface area contributed by atoms with Gasteiger partial charge >= 0.3 is 0 Å². The van der Waals surface area contributed by atoms with Gasteiger partial charge in [-0.25, -0.2) is 4.98 Å². The van der Waals surface area contributed by atoms with Crippen molar-refractivity contribution < 1.29 is 0 Å². The molecule has 82 valence electrons. The molecular weight excluding hydrogens is 186 g/mol. The molecule has 3 heteroatoms. The van der Waals surface area contributed by atoms with Crippen LogP contribution in [0.3, 0.4) is 0 Å². The molecule has 0 aliphatic rings. The molecule has 0 radical (unpaired) electrons. The van der Waals surface area contributed by atoms with Gasteiger partial charge in [0.25, 0.3) is 0 Å². The predicted octanol–water partition coefficient (Wildman–Crippen LogP) is 2.37. The first-order valence-corrected chi connectivity index (χ1v) is 5.08. The second kappa shape index (κ2) is 4.43. The van der Waals surface area contributed by atoms with Crippen molar-refractivity contribution in [3.05, 3.63) is 23.9 Å². The van der Waals surface area contributed by atoms with Gasteiger partial charge in [-0.3, -0.25) is 4.99 Å². The van der Waals surface area contributed by atoms with Gasteiger partial charge in [-0.2, -0.15) is 0 Å². The van der Waals surface area contributed by atoms with E-state index in [4.69, 9.17) is 0 Å². The number of rotatable bonds is 2. The van der Waals surface area contributed by atoms with Gasteiger partial charge in [0.15, 0.2) is 0 Å². The molecule has 0 saturated carbocycles. The van der Waals surface area contributed by atoms with Crippen LogP contribution in [0.5, 0.6) is 0 Å². The highest BCUT2D eigenvalue weighted by Gasteiger charge is 2.20. The van der Waals surface area contributed by atoms with E-state index in [1.165, 1.54) is 0 Å². The molecule has 1 aromatic rings. The van der Waals surface area contributed by atoms with E-state index in [2.05, 4.69) is 42.7 Å². The first kappa shape index (κ1) is 11.7. The second-order valence-corrected chi connectivity index (χ2v) is 4.53. The van der Waals surface area contributed by atoms with Gasteiger partial charge in [0.1, 0.15) is 5.82 Å². The molecule has 0 amide bonds. The highest BCUT2D eigenvalue weighted by molar-refractivity contribution is 5.86. The number of pyridine rings is 1. The first-order valence-electron chi connectivity index (χ1n) is 5.08. The fourth-order valence-electron chi connectivity index (χ4n) is 1.25. The molecule has 3 nitrogen and oxygen atoms in total. The Hall–Kier alpha value is -1.38. The summed E-state index contributed by atoms with van der Waals surface area (Å²) in [5.74, 6) is 0.968. The van der Waals surface area contributed by atoms with Crippen molar-refractivity contribution in [3.8, 4) is 0 Å². The van der Waals surface area contributed by atoms with Crippen LogP contribution in [-0.4, -0.2) is 30.8 Å². The van der Waals surface area contributed by atoms with E-state index in [-0.39, 0.29) is 5.54 Å². The highest BCUT2D eigenvalue weighted by atomic mass is 15.2. The van der Waals surface area contributed by atoms with Gasteiger partial charge in [0, 0.05) is 37.6 Å². The molecule has 0 aliphatic heterocycles. The Balaban J connectivity index is 3.13. The lowest BCUT2D eigenvalue weighted by Gasteiger charge is -2.33. The molecule has 0 saturated heterocycles. The zero-order valence-electron chi connectivity index (χ0n) is 10.2. The summed E-state index contributed by atoms with van der Waals surface area (Å²) in [6, 6.07) is 3.95. The van der Waals surface area contributed by atoms with Crippen molar-refractivity contribution in [3.63, 3.8) is 0 Å². The van der Waals surface area contributed by atoms with Crippen LogP contribution in [-0.2, 0) is 0 Å². The van der Waals surface area contributed by atoms with E-state index in [1.54, 1.807) is 7.05 Å². The molecule has 0 aromatic carbocycles. The lowest BCUT2D eigenvalue weighted by Crippen LogP contribution is -2.39. The maximum Gasteiger partial charge on any atom is 0.137 e. The Labute approximate surface area is 91.9 Å². The summed E-state index contributed by atoms with van der Waals surface area (Å²) in [4.78, 5) is 10.6. The van der Waals surface area contributed by atoms with Gasteiger partial charge in [0.05, 0.1) is 0 Å². The zero-order valence-corrected chi connectivity index (χ0v) is 10.2. The number of anilines is 1. The molecule has 0 fully saturated rings. The van der Waals surface area contributed by atoms with Crippen molar-refractivity contribution in [1.82, 2.24) is 4.98 Å². The van der Waals surface area contributed by atoms with Crippen molar-refractivity contribution in [1.29, 1.82) is 0 Å². The molecule has 1 rings (SSSR count).